The number of piperazine rings is 1. The summed E-state index contributed by atoms with van der Waals surface area (Å²) in [6, 6.07) is 9.80. The Labute approximate surface area is 196 Å². The van der Waals surface area contributed by atoms with Gasteiger partial charge in [-0.25, -0.2) is 0 Å². The summed E-state index contributed by atoms with van der Waals surface area (Å²) >= 11 is 0. The molecule has 0 spiro atoms. The zero-order valence-corrected chi connectivity index (χ0v) is 20.2. The molecule has 0 radical (unpaired) electrons. The van der Waals surface area contributed by atoms with Gasteiger partial charge in [-0.1, -0.05) is 12.1 Å². The van der Waals surface area contributed by atoms with Crippen molar-refractivity contribution >= 4 is 5.91 Å². The molecule has 2 N–H and O–H groups in total. The van der Waals surface area contributed by atoms with E-state index in [4.69, 9.17) is 24.7 Å². The fraction of sp³-hybridized carbons (Fsp3) is 0.480. The fourth-order valence-corrected chi connectivity index (χ4v) is 4.05. The van der Waals surface area contributed by atoms with Crippen LogP contribution in [0.2, 0.25) is 0 Å². The van der Waals surface area contributed by atoms with Crippen LogP contribution >= 0.6 is 0 Å². The van der Waals surface area contributed by atoms with Crippen molar-refractivity contribution in [2.45, 2.75) is 26.3 Å². The van der Waals surface area contributed by atoms with Crippen LogP contribution in [-0.2, 0) is 6.42 Å². The quantitative estimate of drug-likeness (QED) is 0.619. The van der Waals surface area contributed by atoms with Crippen molar-refractivity contribution in [1.29, 1.82) is 0 Å². The highest BCUT2D eigenvalue weighted by atomic mass is 16.5. The molecule has 1 heterocycles. The fourth-order valence-electron chi connectivity index (χ4n) is 4.05. The zero-order valence-electron chi connectivity index (χ0n) is 20.2. The van der Waals surface area contributed by atoms with Crippen molar-refractivity contribution in [2.24, 2.45) is 5.73 Å². The van der Waals surface area contributed by atoms with Gasteiger partial charge in [0.25, 0.3) is 5.91 Å². The number of methoxy groups -OCH3 is 3. The van der Waals surface area contributed by atoms with Gasteiger partial charge in [0.2, 0.25) is 11.5 Å². The molecular formula is C25H35N3O5. The van der Waals surface area contributed by atoms with E-state index in [1.807, 2.05) is 29.2 Å². The molecule has 1 fully saturated rings. The highest BCUT2D eigenvalue weighted by Gasteiger charge is 2.30. The van der Waals surface area contributed by atoms with Gasteiger partial charge >= 0.3 is 0 Å². The molecule has 2 aromatic rings. The molecule has 8 heteroatoms. The van der Waals surface area contributed by atoms with E-state index in [1.54, 1.807) is 6.07 Å². The molecular weight excluding hydrogens is 422 g/mol. The number of hydrogen-bond acceptors (Lipinski definition) is 7. The zero-order chi connectivity index (χ0) is 24.0. The lowest BCUT2D eigenvalue weighted by molar-refractivity contribution is 0.0591. The van der Waals surface area contributed by atoms with Gasteiger partial charge in [-0.3, -0.25) is 9.69 Å². The summed E-state index contributed by atoms with van der Waals surface area (Å²) in [4.78, 5) is 17.7. The second-order valence-electron chi connectivity index (χ2n) is 8.23. The van der Waals surface area contributed by atoms with Crippen LogP contribution in [-0.4, -0.2) is 75.8 Å². The molecule has 0 aromatic heterocycles. The van der Waals surface area contributed by atoms with Crippen molar-refractivity contribution < 1.29 is 23.7 Å². The van der Waals surface area contributed by atoms with Crippen LogP contribution in [0.15, 0.2) is 30.3 Å². The molecule has 3 rings (SSSR count). The number of amides is 1. The Morgan fingerprint density at radius 1 is 0.939 bits per heavy atom. The lowest BCUT2D eigenvalue weighted by Crippen LogP contribution is -2.50. The summed E-state index contributed by atoms with van der Waals surface area (Å²) in [5.41, 5.74) is 7.14. The average Bonchev–Trinajstić information content (AvgIpc) is 2.84. The largest absolute Gasteiger partial charge is 0.492 e. The number of ether oxygens (including phenoxy) is 4. The van der Waals surface area contributed by atoms with Gasteiger partial charge in [0.05, 0.1) is 26.9 Å². The minimum Gasteiger partial charge on any atom is -0.492 e. The van der Waals surface area contributed by atoms with Gasteiger partial charge in [-0.2, -0.15) is 0 Å². The number of rotatable bonds is 9. The van der Waals surface area contributed by atoms with Crippen LogP contribution in [0.1, 0.15) is 29.8 Å². The maximum atomic E-state index is 13.5. The van der Waals surface area contributed by atoms with Crippen LogP contribution in [0.4, 0.5) is 0 Å². The standard InChI is InChI=1S/C25H35N3O5/c1-17(2)27-12-14-28(15-13-27)25(29)20-16-21(23(31-4)24(32-5)22(20)30-3)33-19-8-6-18(7-9-19)10-11-26/h6-9,16-17H,10-15,26H2,1-5H3. The monoisotopic (exact) mass is 457 g/mol. The van der Waals surface area contributed by atoms with E-state index in [2.05, 4.69) is 18.7 Å². The average molecular weight is 458 g/mol. The Hall–Kier alpha value is -2.97. The third-order valence-electron chi connectivity index (χ3n) is 5.92. The van der Waals surface area contributed by atoms with Gasteiger partial charge in [-0.05, 0) is 44.5 Å². The minimum atomic E-state index is -0.126. The molecule has 8 nitrogen and oxygen atoms in total. The van der Waals surface area contributed by atoms with Crippen LogP contribution in [0, 0.1) is 0 Å². The van der Waals surface area contributed by atoms with E-state index in [0.29, 0.717) is 60.0 Å². The summed E-state index contributed by atoms with van der Waals surface area (Å²) in [7, 11) is 4.56. The normalized spacial score (nSPS) is 14.3. The van der Waals surface area contributed by atoms with Crippen molar-refractivity contribution in [1.82, 2.24) is 9.80 Å². The summed E-state index contributed by atoms with van der Waals surface area (Å²) in [5, 5.41) is 0. The molecule has 180 valence electrons. The van der Waals surface area contributed by atoms with E-state index in [1.165, 1.54) is 21.3 Å². The van der Waals surface area contributed by atoms with Gasteiger partial charge in [0.15, 0.2) is 11.5 Å². The molecule has 1 saturated heterocycles. The van der Waals surface area contributed by atoms with E-state index in [-0.39, 0.29) is 5.91 Å². The molecule has 0 atom stereocenters. The van der Waals surface area contributed by atoms with Gasteiger partial charge in [0.1, 0.15) is 5.75 Å². The van der Waals surface area contributed by atoms with E-state index in [0.717, 1.165) is 25.1 Å². The highest BCUT2D eigenvalue weighted by Crippen LogP contribution is 2.48. The first-order valence-electron chi connectivity index (χ1n) is 11.3. The van der Waals surface area contributed by atoms with Crippen molar-refractivity contribution in [3.05, 3.63) is 41.5 Å². The van der Waals surface area contributed by atoms with E-state index in [9.17, 15) is 4.79 Å². The van der Waals surface area contributed by atoms with Crippen molar-refractivity contribution in [3.63, 3.8) is 0 Å². The second kappa shape index (κ2) is 11.2. The first-order chi connectivity index (χ1) is 15.9. The number of carbonyl (C=O) groups is 1. The maximum Gasteiger partial charge on any atom is 0.258 e. The Kier molecular flexibility index (Phi) is 8.41. The molecule has 0 saturated carbocycles. The Morgan fingerprint density at radius 2 is 1.55 bits per heavy atom. The summed E-state index contributed by atoms with van der Waals surface area (Å²) in [5.74, 6) is 1.88. The van der Waals surface area contributed by atoms with Crippen molar-refractivity contribution in [2.75, 3.05) is 54.1 Å². The molecule has 0 bridgehead atoms. The Balaban J connectivity index is 1.95. The SMILES string of the molecule is COc1c(Oc2ccc(CCN)cc2)cc(C(=O)N2CCN(C(C)C)CC2)c(OC)c1OC. The Bertz CT molecular complexity index is 938. The van der Waals surface area contributed by atoms with Crippen LogP contribution in [0.5, 0.6) is 28.7 Å². The smallest absolute Gasteiger partial charge is 0.258 e. The lowest BCUT2D eigenvalue weighted by Gasteiger charge is -2.37. The summed E-state index contributed by atoms with van der Waals surface area (Å²) < 4.78 is 22.9. The molecule has 1 aliphatic heterocycles. The molecule has 2 aromatic carbocycles. The number of benzene rings is 2. The lowest BCUT2D eigenvalue weighted by atomic mass is 10.1. The van der Waals surface area contributed by atoms with Crippen LogP contribution in [0.25, 0.3) is 0 Å². The molecule has 0 aliphatic carbocycles. The predicted octanol–water partition coefficient (Wildman–Crippen LogP) is 3.17. The summed E-state index contributed by atoms with van der Waals surface area (Å²) in [6.45, 7) is 7.87. The molecule has 0 unspecified atom stereocenters. The van der Waals surface area contributed by atoms with Gasteiger partial charge < -0.3 is 29.6 Å². The second-order valence-corrected chi connectivity index (χ2v) is 8.23. The first kappa shape index (κ1) is 24.7. The van der Waals surface area contributed by atoms with Crippen molar-refractivity contribution in [3.8, 4) is 28.7 Å². The molecule has 1 aliphatic rings. The molecule has 33 heavy (non-hydrogen) atoms. The van der Waals surface area contributed by atoms with E-state index < -0.39 is 0 Å². The van der Waals surface area contributed by atoms with Gasteiger partial charge in [-0.15, -0.1) is 0 Å². The number of nitrogens with two attached hydrogens (primary N) is 1. The van der Waals surface area contributed by atoms with Gasteiger partial charge in [0, 0.05) is 38.3 Å². The first-order valence-corrected chi connectivity index (χ1v) is 11.3. The number of hydrogen-bond donors (Lipinski definition) is 1. The number of nitrogens with zero attached hydrogens (tertiary/aromatic N) is 2. The number of carbonyl (C=O) groups excluding carboxylic acids is 1. The third-order valence-corrected chi connectivity index (χ3v) is 5.92. The van der Waals surface area contributed by atoms with Crippen LogP contribution < -0.4 is 24.7 Å². The highest BCUT2D eigenvalue weighted by molar-refractivity contribution is 5.99. The summed E-state index contributed by atoms with van der Waals surface area (Å²) in [6.07, 6.45) is 0.794. The van der Waals surface area contributed by atoms with Crippen LogP contribution in [0.3, 0.4) is 0 Å². The predicted molar refractivity (Wildman–Crippen MR) is 128 cm³/mol. The third kappa shape index (κ3) is 5.51. The maximum absolute atomic E-state index is 13.5. The Morgan fingerprint density at radius 3 is 2.06 bits per heavy atom. The minimum absolute atomic E-state index is 0.126. The molecule has 1 amide bonds. The van der Waals surface area contributed by atoms with E-state index >= 15 is 0 Å². The topological polar surface area (TPSA) is 86.5 Å².